The zero-order chi connectivity index (χ0) is 17.8. The smallest absolute Gasteiger partial charge is 0.231 e. The minimum Gasteiger partial charge on any atom is -0.497 e. The number of benzene rings is 3. The molecule has 4 nitrogen and oxygen atoms in total. The van der Waals surface area contributed by atoms with Gasteiger partial charge in [-0.25, -0.2) is 0 Å². The molecule has 0 radical (unpaired) electrons. The van der Waals surface area contributed by atoms with Gasteiger partial charge in [-0.15, -0.1) is 0 Å². The summed E-state index contributed by atoms with van der Waals surface area (Å²) >= 11 is 0. The van der Waals surface area contributed by atoms with Crippen molar-refractivity contribution in [2.75, 3.05) is 12.4 Å². The Kier molecular flexibility index (Phi) is 5.00. The van der Waals surface area contributed by atoms with E-state index in [1.807, 2.05) is 55.5 Å². The highest BCUT2D eigenvalue weighted by atomic mass is 16.5. The molecule has 3 aromatic carbocycles. The topological polar surface area (TPSA) is 58.6 Å². The lowest BCUT2D eigenvalue weighted by atomic mass is 9.96. The summed E-state index contributed by atoms with van der Waals surface area (Å²) in [6.45, 7) is 1.77. The molecule has 128 valence electrons. The Labute approximate surface area is 147 Å². The van der Waals surface area contributed by atoms with E-state index in [9.17, 15) is 9.90 Å². The Morgan fingerprint density at radius 1 is 1.08 bits per heavy atom. The first kappa shape index (κ1) is 17.0. The molecule has 0 heterocycles. The van der Waals surface area contributed by atoms with E-state index in [4.69, 9.17) is 4.74 Å². The lowest BCUT2D eigenvalue weighted by Gasteiger charge is -2.15. The quantitative estimate of drug-likeness (QED) is 0.738. The Morgan fingerprint density at radius 2 is 1.80 bits per heavy atom. The van der Waals surface area contributed by atoms with Gasteiger partial charge in [0, 0.05) is 11.3 Å². The van der Waals surface area contributed by atoms with Crippen molar-refractivity contribution < 1.29 is 14.6 Å². The summed E-state index contributed by atoms with van der Waals surface area (Å²) in [5, 5.41) is 14.4. The number of carbonyl (C=O) groups excluding carboxylic acids is 1. The molecule has 0 spiro atoms. The molecular formula is C21H21NO3. The lowest BCUT2D eigenvalue weighted by molar-refractivity contribution is -0.117. The first-order chi connectivity index (χ1) is 12.1. The van der Waals surface area contributed by atoms with Gasteiger partial charge in [0.15, 0.2) is 0 Å². The van der Waals surface area contributed by atoms with Crippen LogP contribution in [-0.4, -0.2) is 18.1 Å². The summed E-state index contributed by atoms with van der Waals surface area (Å²) in [4.78, 5) is 12.6. The molecule has 0 aliphatic heterocycles. The van der Waals surface area contributed by atoms with Crippen molar-refractivity contribution in [3.63, 3.8) is 0 Å². The number of hydrogen-bond donors (Lipinski definition) is 2. The van der Waals surface area contributed by atoms with Crippen molar-refractivity contribution in [3.05, 3.63) is 71.8 Å². The molecule has 2 N–H and O–H groups in total. The van der Waals surface area contributed by atoms with Crippen molar-refractivity contribution in [1.29, 1.82) is 0 Å². The number of carbonyl (C=O) groups is 1. The summed E-state index contributed by atoms with van der Waals surface area (Å²) in [6.07, 6.45) is 0. The van der Waals surface area contributed by atoms with E-state index in [1.165, 1.54) is 0 Å². The summed E-state index contributed by atoms with van der Waals surface area (Å²) in [5.74, 6) is 0.402. The first-order valence-corrected chi connectivity index (χ1v) is 8.19. The molecular weight excluding hydrogens is 314 g/mol. The van der Waals surface area contributed by atoms with Gasteiger partial charge in [-0.3, -0.25) is 4.79 Å². The minimum absolute atomic E-state index is 0.103. The second-order valence-electron chi connectivity index (χ2n) is 6.00. The second kappa shape index (κ2) is 7.36. The number of fused-ring (bicyclic) bond motifs is 1. The first-order valence-electron chi connectivity index (χ1n) is 8.19. The summed E-state index contributed by atoms with van der Waals surface area (Å²) in [5.41, 5.74) is 2.29. The zero-order valence-corrected chi connectivity index (χ0v) is 14.3. The van der Waals surface area contributed by atoms with Gasteiger partial charge in [0.05, 0.1) is 19.6 Å². The number of aliphatic hydroxyl groups excluding tert-OH is 1. The molecule has 0 saturated carbocycles. The fraction of sp³-hybridized carbons (Fsp3) is 0.190. The third kappa shape index (κ3) is 3.64. The highest BCUT2D eigenvalue weighted by Gasteiger charge is 2.17. The van der Waals surface area contributed by atoms with Gasteiger partial charge in [-0.2, -0.15) is 0 Å². The van der Waals surface area contributed by atoms with Crippen LogP contribution in [0.4, 0.5) is 5.69 Å². The zero-order valence-electron chi connectivity index (χ0n) is 14.3. The van der Waals surface area contributed by atoms with Crippen LogP contribution in [0.5, 0.6) is 5.75 Å². The van der Waals surface area contributed by atoms with E-state index in [1.54, 1.807) is 19.2 Å². The molecule has 0 unspecified atom stereocenters. The molecule has 1 atom stereocenters. The van der Waals surface area contributed by atoms with Crippen molar-refractivity contribution in [3.8, 4) is 5.75 Å². The SMILES string of the molecule is COc1ccc2cc([C@@H](C)C(=O)Nc3ccccc3CO)ccc2c1. The number of para-hydroxylation sites is 1. The molecule has 0 saturated heterocycles. The summed E-state index contributed by atoms with van der Waals surface area (Å²) in [7, 11) is 1.65. The Morgan fingerprint density at radius 3 is 2.56 bits per heavy atom. The van der Waals surface area contributed by atoms with Gasteiger partial charge in [0.25, 0.3) is 0 Å². The standard InChI is InChI=1S/C21H21NO3/c1-14(21(24)22-20-6-4-3-5-18(20)13-23)15-7-8-17-12-19(25-2)10-9-16(17)11-15/h3-12,14,23H,13H2,1-2H3,(H,22,24)/t14-/m1/s1. The van der Waals surface area contributed by atoms with Gasteiger partial charge >= 0.3 is 0 Å². The molecule has 0 aliphatic rings. The van der Waals surface area contributed by atoms with Gasteiger partial charge in [-0.05, 0) is 41.5 Å². The molecule has 1 amide bonds. The number of methoxy groups -OCH3 is 1. The van der Waals surface area contributed by atoms with Gasteiger partial charge in [0.2, 0.25) is 5.91 Å². The minimum atomic E-state index is -0.307. The summed E-state index contributed by atoms with van der Waals surface area (Å²) < 4.78 is 5.24. The number of rotatable bonds is 5. The van der Waals surface area contributed by atoms with E-state index in [-0.39, 0.29) is 18.4 Å². The predicted molar refractivity (Wildman–Crippen MR) is 99.9 cm³/mol. The van der Waals surface area contributed by atoms with Crippen molar-refractivity contribution in [1.82, 2.24) is 0 Å². The van der Waals surface area contributed by atoms with Crippen molar-refractivity contribution in [2.45, 2.75) is 19.4 Å². The van der Waals surface area contributed by atoms with Crippen LogP contribution in [0.1, 0.15) is 24.0 Å². The molecule has 25 heavy (non-hydrogen) atoms. The van der Waals surface area contributed by atoms with E-state index in [0.29, 0.717) is 11.3 Å². The number of hydrogen-bond acceptors (Lipinski definition) is 3. The average molecular weight is 335 g/mol. The number of aliphatic hydroxyl groups is 1. The fourth-order valence-corrected chi connectivity index (χ4v) is 2.81. The third-order valence-electron chi connectivity index (χ3n) is 4.41. The largest absolute Gasteiger partial charge is 0.497 e. The van der Waals surface area contributed by atoms with E-state index >= 15 is 0 Å². The molecule has 0 fully saturated rings. The highest BCUT2D eigenvalue weighted by molar-refractivity contribution is 5.97. The molecule has 0 aromatic heterocycles. The van der Waals surface area contributed by atoms with E-state index < -0.39 is 0 Å². The van der Waals surface area contributed by atoms with Gasteiger partial charge in [0.1, 0.15) is 5.75 Å². The summed E-state index contributed by atoms with van der Waals surface area (Å²) in [6, 6.07) is 19.1. The Hall–Kier alpha value is -2.85. The Bertz CT molecular complexity index is 905. The van der Waals surface area contributed by atoms with Crippen molar-refractivity contribution in [2.24, 2.45) is 0 Å². The fourth-order valence-electron chi connectivity index (χ4n) is 2.81. The molecule has 4 heteroatoms. The monoisotopic (exact) mass is 335 g/mol. The highest BCUT2D eigenvalue weighted by Crippen LogP contribution is 2.26. The number of nitrogens with one attached hydrogen (secondary N) is 1. The molecule has 3 rings (SSSR count). The third-order valence-corrected chi connectivity index (χ3v) is 4.41. The van der Waals surface area contributed by atoms with Crippen LogP contribution in [0.2, 0.25) is 0 Å². The second-order valence-corrected chi connectivity index (χ2v) is 6.00. The number of anilines is 1. The average Bonchev–Trinajstić information content (AvgIpc) is 2.66. The Balaban J connectivity index is 1.83. The van der Waals surface area contributed by atoms with Gasteiger partial charge in [-0.1, -0.05) is 42.5 Å². The normalized spacial score (nSPS) is 12.0. The van der Waals surface area contributed by atoms with E-state index in [0.717, 1.165) is 22.1 Å². The van der Waals surface area contributed by atoms with Crippen LogP contribution < -0.4 is 10.1 Å². The van der Waals surface area contributed by atoms with Crippen LogP contribution in [0.3, 0.4) is 0 Å². The maximum atomic E-state index is 12.6. The van der Waals surface area contributed by atoms with Crippen molar-refractivity contribution >= 4 is 22.4 Å². The lowest BCUT2D eigenvalue weighted by Crippen LogP contribution is -2.19. The van der Waals surface area contributed by atoms with Crippen LogP contribution in [0, 0.1) is 0 Å². The molecule has 0 aliphatic carbocycles. The van der Waals surface area contributed by atoms with Crippen LogP contribution in [-0.2, 0) is 11.4 Å². The van der Waals surface area contributed by atoms with Crippen LogP contribution >= 0.6 is 0 Å². The van der Waals surface area contributed by atoms with Crippen LogP contribution in [0.25, 0.3) is 10.8 Å². The molecule has 0 bridgehead atoms. The van der Waals surface area contributed by atoms with Crippen LogP contribution in [0.15, 0.2) is 60.7 Å². The van der Waals surface area contributed by atoms with E-state index in [2.05, 4.69) is 5.32 Å². The molecule has 3 aromatic rings. The number of ether oxygens (including phenoxy) is 1. The van der Waals surface area contributed by atoms with Gasteiger partial charge < -0.3 is 15.2 Å². The predicted octanol–water partition coefficient (Wildman–Crippen LogP) is 4.08. The maximum Gasteiger partial charge on any atom is 0.231 e. The maximum absolute atomic E-state index is 12.6. The number of amides is 1.